The van der Waals surface area contributed by atoms with Crippen molar-refractivity contribution < 1.29 is 10.2 Å². The van der Waals surface area contributed by atoms with Crippen LogP contribution < -0.4 is 0 Å². The predicted molar refractivity (Wildman–Crippen MR) is 70.8 cm³/mol. The molecule has 0 aliphatic rings. The Bertz CT molecular complexity index is 379. The summed E-state index contributed by atoms with van der Waals surface area (Å²) in [7, 11) is 0. The second kappa shape index (κ2) is 7.05. The fourth-order valence-electron chi connectivity index (χ4n) is 1.80. The first-order chi connectivity index (χ1) is 8.15. The molecular formula is C15H20O2. The summed E-state index contributed by atoms with van der Waals surface area (Å²) in [5.74, 6) is 0. The summed E-state index contributed by atoms with van der Waals surface area (Å²) < 4.78 is 0. The minimum absolute atomic E-state index is 0.0649. The summed E-state index contributed by atoms with van der Waals surface area (Å²) in [6, 6.07) is 10.0. The minimum atomic E-state index is -0.556. The fraction of sp³-hybridized carbons (Fsp3) is 0.333. The quantitative estimate of drug-likeness (QED) is 0.740. The van der Waals surface area contributed by atoms with Gasteiger partial charge in [0.05, 0.1) is 12.7 Å². The number of rotatable bonds is 6. The van der Waals surface area contributed by atoms with Gasteiger partial charge in [-0.15, -0.1) is 0 Å². The van der Waals surface area contributed by atoms with E-state index >= 15 is 0 Å². The van der Waals surface area contributed by atoms with E-state index in [2.05, 4.69) is 6.58 Å². The Kier molecular flexibility index (Phi) is 5.67. The highest BCUT2D eigenvalue weighted by Gasteiger charge is 2.11. The average molecular weight is 232 g/mol. The number of aliphatic hydroxyl groups is 2. The highest BCUT2D eigenvalue weighted by atomic mass is 16.3. The van der Waals surface area contributed by atoms with Crippen molar-refractivity contribution >= 4 is 0 Å². The zero-order valence-corrected chi connectivity index (χ0v) is 10.3. The van der Waals surface area contributed by atoms with Crippen LogP contribution >= 0.6 is 0 Å². The molecule has 1 rings (SSSR count). The zero-order chi connectivity index (χ0) is 12.7. The molecule has 17 heavy (non-hydrogen) atoms. The van der Waals surface area contributed by atoms with Crippen LogP contribution in [0.5, 0.6) is 0 Å². The lowest BCUT2D eigenvalue weighted by Gasteiger charge is -2.15. The summed E-state index contributed by atoms with van der Waals surface area (Å²) in [6.45, 7) is 5.59. The van der Waals surface area contributed by atoms with Crippen LogP contribution in [0.1, 0.15) is 18.9 Å². The van der Waals surface area contributed by atoms with Crippen molar-refractivity contribution in [2.24, 2.45) is 0 Å². The Morgan fingerprint density at radius 3 is 2.53 bits per heavy atom. The van der Waals surface area contributed by atoms with Crippen molar-refractivity contribution in [3.8, 4) is 0 Å². The molecule has 0 aliphatic heterocycles. The topological polar surface area (TPSA) is 40.5 Å². The van der Waals surface area contributed by atoms with Crippen molar-refractivity contribution in [1.82, 2.24) is 0 Å². The van der Waals surface area contributed by atoms with Gasteiger partial charge in [-0.1, -0.05) is 48.6 Å². The first kappa shape index (κ1) is 13.7. The van der Waals surface area contributed by atoms with E-state index in [0.29, 0.717) is 6.42 Å². The number of benzene rings is 1. The first-order valence-corrected chi connectivity index (χ1v) is 5.84. The normalized spacial score (nSPS) is 13.5. The molecule has 0 fully saturated rings. The van der Waals surface area contributed by atoms with Crippen molar-refractivity contribution in [2.45, 2.75) is 25.9 Å². The van der Waals surface area contributed by atoms with Crippen LogP contribution in [0.2, 0.25) is 0 Å². The molecule has 1 unspecified atom stereocenters. The van der Waals surface area contributed by atoms with Gasteiger partial charge in [-0.3, -0.25) is 0 Å². The molecule has 0 heterocycles. The Hall–Kier alpha value is -1.38. The van der Waals surface area contributed by atoms with Gasteiger partial charge >= 0.3 is 0 Å². The molecule has 0 aromatic heterocycles. The van der Waals surface area contributed by atoms with Crippen LogP contribution in [0.15, 0.2) is 54.1 Å². The van der Waals surface area contributed by atoms with E-state index in [1.807, 2.05) is 37.3 Å². The molecule has 2 heteroatoms. The molecule has 92 valence electrons. The lowest BCUT2D eigenvalue weighted by molar-refractivity contribution is 0.201. The van der Waals surface area contributed by atoms with E-state index < -0.39 is 6.10 Å². The lowest BCUT2D eigenvalue weighted by Crippen LogP contribution is -2.13. The molecule has 1 aromatic rings. The Morgan fingerprint density at radius 1 is 1.35 bits per heavy atom. The predicted octanol–water partition coefficient (Wildman–Crippen LogP) is 2.47. The number of hydrogen-bond acceptors (Lipinski definition) is 2. The number of aliphatic hydroxyl groups excluding tert-OH is 2. The summed E-state index contributed by atoms with van der Waals surface area (Å²) in [5, 5.41) is 18.9. The van der Waals surface area contributed by atoms with Crippen LogP contribution in [0.3, 0.4) is 0 Å². The van der Waals surface area contributed by atoms with Gasteiger partial charge in [0, 0.05) is 0 Å². The molecule has 1 atom stereocenters. The lowest BCUT2D eigenvalue weighted by atomic mass is 9.97. The van der Waals surface area contributed by atoms with Gasteiger partial charge in [-0.05, 0) is 30.9 Å². The molecule has 0 bridgehead atoms. The van der Waals surface area contributed by atoms with Crippen LogP contribution in [0, 0.1) is 0 Å². The summed E-state index contributed by atoms with van der Waals surface area (Å²) in [5.41, 5.74) is 2.75. The maximum absolute atomic E-state index is 10.0. The molecule has 0 amide bonds. The fourth-order valence-corrected chi connectivity index (χ4v) is 1.80. The largest absolute Gasteiger partial charge is 0.392 e. The minimum Gasteiger partial charge on any atom is -0.392 e. The van der Waals surface area contributed by atoms with Crippen molar-refractivity contribution in [3.63, 3.8) is 0 Å². The van der Waals surface area contributed by atoms with Gasteiger partial charge in [0.15, 0.2) is 0 Å². The Labute approximate surface area is 103 Å². The standard InChI is InChI=1S/C15H20O2/c1-12(2)14(10-11-16)15(17)9-8-13-6-4-3-5-7-13/h3-7,10,15-17H,1,8-9,11H2,2H3/b14-10-. The molecule has 0 saturated heterocycles. The smallest absolute Gasteiger partial charge is 0.0793 e. The van der Waals surface area contributed by atoms with Gasteiger partial charge < -0.3 is 10.2 Å². The molecule has 1 aromatic carbocycles. The van der Waals surface area contributed by atoms with E-state index in [9.17, 15) is 5.11 Å². The monoisotopic (exact) mass is 232 g/mol. The SMILES string of the molecule is C=C(C)/C(=C/CO)C(O)CCc1ccccc1. The number of hydrogen-bond donors (Lipinski definition) is 2. The van der Waals surface area contributed by atoms with Gasteiger partial charge in [0.1, 0.15) is 0 Å². The van der Waals surface area contributed by atoms with Gasteiger partial charge in [0.2, 0.25) is 0 Å². The average Bonchev–Trinajstić information content (AvgIpc) is 2.34. The first-order valence-electron chi connectivity index (χ1n) is 5.84. The zero-order valence-electron chi connectivity index (χ0n) is 10.3. The molecule has 2 N–H and O–H groups in total. The second-order valence-electron chi connectivity index (χ2n) is 4.16. The van der Waals surface area contributed by atoms with Crippen LogP contribution in [-0.2, 0) is 6.42 Å². The molecule has 0 radical (unpaired) electrons. The second-order valence-corrected chi connectivity index (χ2v) is 4.16. The van der Waals surface area contributed by atoms with E-state index in [4.69, 9.17) is 5.11 Å². The summed E-state index contributed by atoms with van der Waals surface area (Å²) in [6.07, 6.45) is 2.53. The van der Waals surface area contributed by atoms with E-state index in [-0.39, 0.29) is 6.61 Å². The van der Waals surface area contributed by atoms with Crippen molar-refractivity contribution in [2.75, 3.05) is 6.61 Å². The molecule has 2 nitrogen and oxygen atoms in total. The third kappa shape index (κ3) is 4.55. The molecule has 0 spiro atoms. The van der Waals surface area contributed by atoms with Crippen LogP contribution in [0.25, 0.3) is 0 Å². The van der Waals surface area contributed by atoms with Gasteiger partial charge in [-0.2, -0.15) is 0 Å². The highest BCUT2D eigenvalue weighted by molar-refractivity contribution is 5.30. The molecular weight excluding hydrogens is 212 g/mol. The Balaban J connectivity index is 2.57. The third-order valence-corrected chi connectivity index (χ3v) is 2.71. The van der Waals surface area contributed by atoms with Gasteiger partial charge in [-0.25, -0.2) is 0 Å². The van der Waals surface area contributed by atoms with E-state index in [1.54, 1.807) is 6.08 Å². The Morgan fingerprint density at radius 2 is 2.00 bits per heavy atom. The molecule has 0 saturated carbocycles. The van der Waals surface area contributed by atoms with Crippen molar-refractivity contribution in [3.05, 3.63) is 59.7 Å². The van der Waals surface area contributed by atoms with Crippen LogP contribution in [0.4, 0.5) is 0 Å². The number of aryl methyl sites for hydroxylation is 1. The van der Waals surface area contributed by atoms with Crippen molar-refractivity contribution in [1.29, 1.82) is 0 Å². The summed E-state index contributed by atoms with van der Waals surface area (Å²) >= 11 is 0. The maximum atomic E-state index is 10.0. The van der Waals surface area contributed by atoms with E-state index in [0.717, 1.165) is 17.6 Å². The van der Waals surface area contributed by atoms with Crippen LogP contribution in [-0.4, -0.2) is 22.9 Å². The third-order valence-electron chi connectivity index (χ3n) is 2.71. The highest BCUT2D eigenvalue weighted by Crippen LogP contribution is 2.16. The summed E-state index contributed by atoms with van der Waals surface area (Å²) in [4.78, 5) is 0. The van der Waals surface area contributed by atoms with E-state index in [1.165, 1.54) is 5.56 Å². The molecule has 0 aliphatic carbocycles. The van der Waals surface area contributed by atoms with Gasteiger partial charge in [0.25, 0.3) is 0 Å². The maximum Gasteiger partial charge on any atom is 0.0793 e.